The fraction of sp³-hybridized carbons (Fsp3) is 0.146. The first kappa shape index (κ1) is 33.7. The maximum atomic E-state index is 14.7. The molecule has 9 heteroatoms. The van der Waals surface area contributed by atoms with Gasteiger partial charge in [-0.05, 0) is 71.1 Å². The highest BCUT2D eigenvalue weighted by atomic mass is 19.1. The Bertz CT molecular complexity index is 1980. The van der Waals surface area contributed by atoms with Crippen molar-refractivity contribution in [2.75, 3.05) is 14.2 Å². The van der Waals surface area contributed by atoms with Gasteiger partial charge in [-0.15, -0.1) is 0 Å². The molecule has 6 rings (SSSR count). The topological polar surface area (TPSA) is 80.7 Å². The van der Waals surface area contributed by atoms with Gasteiger partial charge < -0.3 is 19.1 Å². The molecule has 1 saturated heterocycles. The highest BCUT2D eigenvalue weighted by Gasteiger charge is 2.43. The van der Waals surface area contributed by atoms with Gasteiger partial charge in [0.15, 0.2) is 0 Å². The molecule has 2 amide bonds. The zero-order chi connectivity index (χ0) is 34.9. The Morgan fingerprint density at radius 3 is 1.98 bits per heavy atom. The van der Waals surface area contributed by atoms with E-state index in [4.69, 9.17) is 14.2 Å². The molecular weight excluding hydrogens is 633 g/mol. The SMILES string of the molecule is COc1ccc(/C=C2\C(Cc3ccc(OCc4ccccc4)cc3)N(C)C(=NC(=O)c3ccccc3F)N2C(=O)OCc2ccccc2)cc1. The third-order valence-electron chi connectivity index (χ3n) is 8.31. The summed E-state index contributed by atoms with van der Waals surface area (Å²) in [6.45, 7) is 0.440. The molecule has 8 nitrogen and oxygen atoms in total. The first-order valence-electron chi connectivity index (χ1n) is 16.1. The molecule has 1 aliphatic rings. The number of hydrogen-bond donors (Lipinski definition) is 0. The lowest BCUT2D eigenvalue weighted by Crippen LogP contribution is -2.37. The van der Waals surface area contributed by atoms with E-state index in [9.17, 15) is 14.0 Å². The van der Waals surface area contributed by atoms with Gasteiger partial charge in [-0.2, -0.15) is 4.99 Å². The number of benzene rings is 5. The van der Waals surface area contributed by atoms with Gasteiger partial charge in [0.05, 0.1) is 24.4 Å². The number of likely N-dealkylation sites (N-methyl/N-ethyl adjacent to an activating group) is 1. The molecule has 1 fully saturated rings. The van der Waals surface area contributed by atoms with Crippen LogP contribution < -0.4 is 9.47 Å². The lowest BCUT2D eigenvalue weighted by Gasteiger charge is -2.20. The Labute approximate surface area is 290 Å². The molecule has 5 aromatic rings. The molecule has 5 aromatic carbocycles. The standard InChI is InChI=1S/C41H36FN3O5/c1-44-37(25-29-19-23-34(24-20-29)49-27-31-11-5-3-6-12-31)38(26-30-17-21-33(48-2)22-18-30)45(41(47)50-28-32-13-7-4-8-14-32)40(44)43-39(46)35-15-9-10-16-36(35)42/h3-24,26,37H,25,27-28H2,1-2H3/b38-26+,43-40?. The summed E-state index contributed by atoms with van der Waals surface area (Å²) < 4.78 is 31.8. The monoisotopic (exact) mass is 669 g/mol. The Hall–Kier alpha value is -6.22. The van der Waals surface area contributed by atoms with Crippen molar-refractivity contribution < 1.29 is 28.2 Å². The molecule has 0 bridgehead atoms. The Kier molecular flexibility index (Phi) is 10.6. The van der Waals surface area contributed by atoms with Crippen LogP contribution in [0.3, 0.4) is 0 Å². The molecule has 0 aliphatic carbocycles. The molecule has 1 aliphatic heterocycles. The van der Waals surface area contributed by atoms with Gasteiger partial charge >= 0.3 is 6.09 Å². The molecule has 1 unspecified atom stereocenters. The number of ether oxygens (including phenoxy) is 3. The van der Waals surface area contributed by atoms with E-state index in [0.29, 0.717) is 24.5 Å². The summed E-state index contributed by atoms with van der Waals surface area (Å²) in [6.07, 6.45) is 1.57. The van der Waals surface area contributed by atoms with E-state index < -0.39 is 23.9 Å². The maximum absolute atomic E-state index is 14.7. The number of hydrogen-bond acceptors (Lipinski definition) is 5. The van der Waals surface area contributed by atoms with E-state index in [1.165, 1.54) is 23.1 Å². The minimum atomic E-state index is -0.824. The van der Waals surface area contributed by atoms with E-state index >= 15 is 0 Å². The van der Waals surface area contributed by atoms with Gasteiger partial charge in [0.1, 0.15) is 30.5 Å². The largest absolute Gasteiger partial charge is 0.497 e. The lowest BCUT2D eigenvalue weighted by molar-refractivity contribution is 0.0995. The van der Waals surface area contributed by atoms with Crippen LogP contribution in [0.5, 0.6) is 11.5 Å². The summed E-state index contributed by atoms with van der Waals surface area (Å²) in [5, 5.41) is 0. The molecule has 0 spiro atoms. The van der Waals surface area contributed by atoms with E-state index in [0.717, 1.165) is 28.0 Å². The van der Waals surface area contributed by atoms with Crippen molar-refractivity contribution in [3.8, 4) is 11.5 Å². The first-order chi connectivity index (χ1) is 24.4. The van der Waals surface area contributed by atoms with Crippen LogP contribution in [0.15, 0.2) is 144 Å². The van der Waals surface area contributed by atoms with Crippen LogP contribution >= 0.6 is 0 Å². The van der Waals surface area contributed by atoms with Crippen molar-refractivity contribution in [3.63, 3.8) is 0 Å². The predicted molar refractivity (Wildman–Crippen MR) is 190 cm³/mol. The molecule has 1 heterocycles. The maximum Gasteiger partial charge on any atom is 0.421 e. The number of amides is 2. The van der Waals surface area contributed by atoms with Crippen LogP contribution in [0.4, 0.5) is 9.18 Å². The van der Waals surface area contributed by atoms with Crippen molar-refractivity contribution >= 4 is 24.0 Å². The van der Waals surface area contributed by atoms with E-state index in [1.54, 1.807) is 25.1 Å². The highest BCUT2D eigenvalue weighted by molar-refractivity contribution is 6.08. The van der Waals surface area contributed by atoms with Gasteiger partial charge in [0, 0.05) is 7.05 Å². The normalized spacial score (nSPS) is 15.7. The quantitative estimate of drug-likeness (QED) is 0.149. The molecule has 50 heavy (non-hydrogen) atoms. The smallest absolute Gasteiger partial charge is 0.421 e. The van der Waals surface area contributed by atoms with E-state index in [-0.39, 0.29) is 18.1 Å². The number of rotatable bonds is 10. The molecule has 0 saturated carbocycles. The third kappa shape index (κ3) is 8.07. The fourth-order valence-corrected chi connectivity index (χ4v) is 5.60. The second-order valence-electron chi connectivity index (χ2n) is 11.7. The fourth-order valence-electron chi connectivity index (χ4n) is 5.60. The molecule has 0 aromatic heterocycles. The highest BCUT2D eigenvalue weighted by Crippen LogP contribution is 2.32. The van der Waals surface area contributed by atoms with Crippen molar-refractivity contribution in [1.82, 2.24) is 9.80 Å². The number of guanidine groups is 1. The first-order valence-corrected chi connectivity index (χ1v) is 16.1. The van der Waals surface area contributed by atoms with Crippen molar-refractivity contribution in [3.05, 3.63) is 173 Å². The minimum Gasteiger partial charge on any atom is -0.497 e. The number of carbonyl (C=O) groups is 2. The molecule has 0 N–H and O–H groups in total. The van der Waals surface area contributed by atoms with Crippen molar-refractivity contribution in [2.45, 2.75) is 25.7 Å². The second kappa shape index (κ2) is 15.8. The number of aliphatic imine (C=N–C) groups is 1. The summed E-state index contributed by atoms with van der Waals surface area (Å²) in [4.78, 5) is 34.8. The summed E-state index contributed by atoms with van der Waals surface area (Å²) in [5.41, 5.74) is 3.91. The van der Waals surface area contributed by atoms with Crippen molar-refractivity contribution in [2.24, 2.45) is 4.99 Å². The third-order valence-corrected chi connectivity index (χ3v) is 8.31. The average Bonchev–Trinajstić information content (AvgIpc) is 3.40. The second-order valence-corrected chi connectivity index (χ2v) is 11.7. The lowest BCUT2D eigenvalue weighted by atomic mass is 10.0. The average molecular weight is 670 g/mol. The van der Waals surface area contributed by atoms with Crippen LogP contribution in [0.1, 0.15) is 32.6 Å². The number of nitrogens with zero attached hydrogens (tertiary/aromatic N) is 3. The number of methoxy groups -OCH3 is 1. The van der Waals surface area contributed by atoms with E-state index in [2.05, 4.69) is 4.99 Å². The number of halogens is 1. The Morgan fingerprint density at radius 2 is 1.34 bits per heavy atom. The minimum absolute atomic E-state index is 0.000641. The number of carbonyl (C=O) groups excluding carboxylic acids is 2. The molecular formula is C41H36FN3O5. The summed E-state index contributed by atoms with van der Waals surface area (Å²) >= 11 is 0. The van der Waals surface area contributed by atoms with Crippen molar-refractivity contribution in [1.29, 1.82) is 0 Å². The van der Waals surface area contributed by atoms with Gasteiger partial charge in [-0.3, -0.25) is 4.79 Å². The Balaban J connectivity index is 1.36. The van der Waals surface area contributed by atoms with Gasteiger partial charge in [0.25, 0.3) is 5.91 Å². The van der Waals surface area contributed by atoms with Gasteiger partial charge in [0.2, 0.25) is 5.96 Å². The van der Waals surface area contributed by atoms with Crippen LogP contribution in [-0.4, -0.2) is 48.0 Å². The predicted octanol–water partition coefficient (Wildman–Crippen LogP) is 8.15. The zero-order valence-electron chi connectivity index (χ0n) is 27.7. The molecule has 0 radical (unpaired) electrons. The van der Waals surface area contributed by atoms with Crippen LogP contribution in [0.2, 0.25) is 0 Å². The molecule has 1 atom stereocenters. The van der Waals surface area contributed by atoms with E-state index in [1.807, 2.05) is 115 Å². The van der Waals surface area contributed by atoms with Crippen LogP contribution in [0.25, 0.3) is 6.08 Å². The van der Waals surface area contributed by atoms with Crippen LogP contribution in [-0.2, 0) is 24.4 Å². The summed E-state index contributed by atoms with van der Waals surface area (Å²) in [6, 6.07) is 39.5. The van der Waals surface area contributed by atoms with Gasteiger partial charge in [-0.1, -0.05) is 97.1 Å². The Morgan fingerprint density at radius 1 is 0.740 bits per heavy atom. The zero-order valence-corrected chi connectivity index (χ0v) is 27.7. The summed E-state index contributed by atoms with van der Waals surface area (Å²) in [5.74, 6) is -0.117. The van der Waals surface area contributed by atoms with Gasteiger partial charge in [-0.25, -0.2) is 14.1 Å². The van der Waals surface area contributed by atoms with Crippen LogP contribution in [0, 0.1) is 5.82 Å². The molecule has 252 valence electrons. The summed E-state index contributed by atoms with van der Waals surface area (Å²) in [7, 11) is 3.34.